The van der Waals surface area contributed by atoms with Crippen LogP contribution in [0, 0.1) is 0 Å². The molecule has 0 aromatic carbocycles. The maximum Gasteiger partial charge on any atom is 0.188 e. The highest BCUT2D eigenvalue weighted by Crippen LogP contribution is 2.06. The van der Waals surface area contributed by atoms with Gasteiger partial charge >= 0.3 is 0 Å². The third-order valence-corrected chi connectivity index (χ3v) is 3.58. The molecular weight excluding hydrogens is 242 g/mol. The number of thiophene rings is 1. The largest absolute Gasteiger partial charge is 0.370 e. The Hall–Kier alpha value is -1.03. The third-order valence-electron chi connectivity index (χ3n) is 2.85. The van der Waals surface area contributed by atoms with E-state index in [2.05, 4.69) is 34.1 Å². The van der Waals surface area contributed by atoms with Gasteiger partial charge in [-0.15, -0.1) is 0 Å². The molecule has 0 saturated heterocycles. The molecule has 3 nitrogen and oxygen atoms in total. The van der Waals surface area contributed by atoms with Gasteiger partial charge in [0.15, 0.2) is 5.96 Å². The fourth-order valence-electron chi connectivity index (χ4n) is 1.74. The fourth-order valence-corrected chi connectivity index (χ4v) is 2.40. The second-order valence-corrected chi connectivity index (χ2v) is 5.31. The second-order valence-electron chi connectivity index (χ2n) is 4.53. The van der Waals surface area contributed by atoms with Gasteiger partial charge in [-0.25, -0.2) is 4.99 Å². The van der Waals surface area contributed by atoms with Gasteiger partial charge in [0.25, 0.3) is 0 Å². The first-order chi connectivity index (χ1) is 8.83. The molecule has 0 saturated carbocycles. The lowest BCUT2D eigenvalue weighted by molar-refractivity contribution is 0.601. The zero-order chi connectivity index (χ0) is 13.1. The number of guanidine groups is 1. The van der Waals surface area contributed by atoms with Crippen molar-refractivity contribution >= 4 is 17.3 Å². The van der Waals surface area contributed by atoms with Crippen LogP contribution in [0.5, 0.6) is 0 Å². The Morgan fingerprint density at radius 3 is 2.78 bits per heavy atom. The van der Waals surface area contributed by atoms with Gasteiger partial charge in [0.1, 0.15) is 0 Å². The highest BCUT2D eigenvalue weighted by atomic mass is 32.1. The van der Waals surface area contributed by atoms with E-state index in [0.717, 1.165) is 6.54 Å². The van der Waals surface area contributed by atoms with E-state index in [9.17, 15) is 0 Å². The minimum atomic E-state index is 0.565. The van der Waals surface area contributed by atoms with E-state index in [1.54, 1.807) is 11.3 Å². The zero-order valence-electron chi connectivity index (χ0n) is 11.3. The Kier molecular flexibility index (Phi) is 8.30. The summed E-state index contributed by atoms with van der Waals surface area (Å²) in [6, 6.07) is 2.08. The number of nitrogens with one attached hydrogen (secondary N) is 1. The number of hydrogen-bond donors (Lipinski definition) is 2. The Balaban J connectivity index is 1.99. The van der Waals surface area contributed by atoms with Gasteiger partial charge < -0.3 is 11.1 Å². The first-order valence-electron chi connectivity index (χ1n) is 6.87. The Labute approximate surface area is 115 Å². The van der Waals surface area contributed by atoms with Crippen molar-refractivity contribution in [1.29, 1.82) is 0 Å². The monoisotopic (exact) mass is 267 g/mol. The molecule has 3 N–H and O–H groups in total. The highest BCUT2D eigenvalue weighted by Gasteiger charge is 1.94. The van der Waals surface area contributed by atoms with Crippen LogP contribution in [0.15, 0.2) is 21.8 Å². The zero-order valence-corrected chi connectivity index (χ0v) is 12.1. The Bertz CT molecular complexity index is 320. The third kappa shape index (κ3) is 7.33. The fraction of sp³-hybridized carbons (Fsp3) is 0.643. The molecule has 0 aliphatic carbocycles. The van der Waals surface area contributed by atoms with Crippen LogP contribution in [0.1, 0.15) is 51.0 Å². The molecule has 1 heterocycles. The predicted molar refractivity (Wildman–Crippen MR) is 81.0 cm³/mol. The van der Waals surface area contributed by atoms with Gasteiger partial charge in [0.05, 0.1) is 6.54 Å². The Morgan fingerprint density at radius 1 is 1.28 bits per heavy atom. The molecule has 102 valence electrons. The van der Waals surface area contributed by atoms with Crippen LogP contribution in [-0.2, 0) is 6.54 Å². The van der Waals surface area contributed by atoms with Crippen molar-refractivity contribution in [1.82, 2.24) is 5.32 Å². The van der Waals surface area contributed by atoms with E-state index in [1.807, 2.05) is 0 Å². The molecule has 0 unspecified atom stereocenters. The van der Waals surface area contributed by atoms with Gasteiger partial charge in [-0.2, -0.15) is 11.3 Å². The molecule has 1 aromatic rings. The van der Waals surface area contributed by atoms with Crippen LogP contribution < -0.4 is 11.1 Å². The molecular formula is C14H25N3S. The molecule has 18 heavy (non-hydrogen) atoms. The van der Waals surface area contributed by atoms with Crippen molar-refractivity contribution in [3.8, 4) is 0 Å². The molecule has 0 aliphatic heterocycles. The number of hydrogen-bond acceptors (Lipinski definition) is 2. The van der Waals surface area contributed by atoms with Crippen LogP contribution in [0.25, 0.3) is 0 Å². The van der Waals surface area contributed by atoms with Crippen LogP contribution in [0.2, 0.25) is 0 Å². The topological polar surface area (TPSA) is 50.4 Å². The summed E-state index contributed by atoms with van der Waals surface area (Å²) in [6.07, 6.45) is 7.82. The molecule has 1 aromatic heterocycles. The molecule has 0 atom stereocenters. The minimum Gasteiger partial charge on any atom is -0.370 e. The summed E-state index contributed by atoms with van der Waals surface area (Å²) in [5.41, 5.74) is 7.02. The normalized spacial score (nSPS) is 11.7. The van der Waals surface area contributed by atoms with E-state index in [-0.39, 0.29) is 0 Å². The minimum absolute atomic E-state index is 0.565. The molecule has 0 spiro atoms. The quantitative estimate of drug-likeness (QED) is 0.408. The number of aliphatic imine (C=N–C) groups is 1. The Morgan fingerprint density at radius 2 is 2.06 bits per heavy atom. The summed E-state index contributed by atoms with van der Waals surface area (Å²) >= 11 is 1.69. The maximum absolute atomic E-state index is 5.80. The molecule has 0 radical (unpaired) electrons. The van der Waals surface area contributed by atoms with Crippen molar-refractivity contribution in [2.24, 2.45) is 10.7 Å². The first-order valence-corrected chi connectivity index (χ1v) is 7.82. The standard InChI is InChI=1S/C14H25N3S/c1-2-3-4-5-6-7-9-16-14(15)17-11-13-8-10-18-12-13/h8,10,12H,2-7,9,11H2,1H3,(H3,15,16,17). The molecule has 0 amide bonds. The van der Waals surface area contributed by atoms with Gasteiger partial charge in [-0.05, 0) is 28.8 Å². The molecule has 0 fully saturated rings. The van der Waals surface area contributed by atoms with Crippen LogP contribution in [-0.4, -0.2) is 12.5 Å². The summed E-state index contributed by atoms with van der Waals surface area (Å²) in [5, 5.41) is 7.33. The summed E-state index contributed by atoms with van der Waals surface area (Å²) in [5.74, 6) is 0.565. The number of nitrogens with two attached hydrogens (primary N) is 1. The van der Waals surface area contributed by atoms with Crippen molar-refractivity contribution in [2.45, 2.75) is 52.0 Å². The van der Waals surface area contributed by atoms with Gasteiger partial charge in [0.2, 0.25) is 0 Å². The van der Waals surface area contributed by atoms with Gasteiger partial charge in [-0.1, -0.05) is 39.0 Å². The lowest BCUT2D eigenvalue weighted by atomic mass is 10.1. The lowest BCUT2D eigenvalue weighted by Crippen LogP contribution is -2.32. The number of unbranched alkanes of at least 4 members (excludes halogenated alkanes) is 5. The number of nitrogens with zero attached hydrogens (tertiary/aromatic N) is 1. The van der Waals surface area contributed by atoms with Crippen molar-refractivity contribution < 1.29 is 0 Å². The highest BCUT2D eigenvalue weighted by molar-refractivity contribution is 7.07. The van der Waals surface area contributed by atoms with Crippen LogP contribution >= 0.6 is 11.3 Å². The predicted octanol–water partition coefficient (Wildman–Crippen LogP) is 3.51. The van der Waals surface area contributed by atoms with E-state index in [0.29, 0.717) is 12.5 Å². The molecule has 1 rings (SSSR count). The van der Waals surface area contributed by atoms with Crippen LogP contribution in [0.3, 0.4) is 0 Å². The summed E-state index contributed by atoms with van der Waals surface area (Å²) in [4.78, 5) is 4.30. The SMILES string of the molecule is CCCCCCCCNC(N)=NCc1ccsc1. The average Bonchev–Trinajstić information content (AvgIpc) is 2.88. The summed E-state index contributed by atoms with van der Waals surface area (Å²) in [6.45, 7) is 3.86. The van der Waals surface area contributed by atoms with E-state index >= 15 is 0 Å². The van der Waals surface area contributed by atoms with Crippen molar-refractivity contribution in [3.05, 3.63) is 22.4 Å². The van der Waals surface area contributed by atoms with E-state index < -0.39 is 0 Å². The van der Waals surface area contributed by atoms with E-state index in [4.69, 9.17) is 5.73 Å². The average molecular weight is 267 g/mol. The number of rotatable bonds is 9. The molecule has 0 aliphatic rings. The second kappa shape index (κ2) is 9.95. The first kappa shape index (κ1) is 15.0. The summed E-state index contributed by atoms with van der Waals surface area (Å²) < 4.78 is 0. The maximum atomic E-state index is 5.80. The van der Waals surface area contributed by atoms with E-state index in [1.165, 1.54) is 44.1 Å². The molecule has 4 heteroatoms. The van der Waals surface area contributed by atoms with Crippen molar-refractivity contribution in [3.63, 3.8) is 0 Å². The van der Waals surface area contributed by atoms with Gasteiger partial charge in [-0.3, -0.25) is 0 Å². The molecule has 0 bridgehead atoms. The lowest BCUT2D eigenvalue weighted by Gasteiger charge is -2.05. The summed E-state index contributed by atoms with van der Waals surface area (Å²) in [7, 11) is 0. The van der Waals surface area contributed by atoms with Crippen LogP contribution in [0.4, 0.5) is 0 Å². The van der Waals surface area contributed by atoms with Crippen molar-refractivity contribution in [2.75, 3.05) is 6.54 Å². The smallest absolute Gasteiger partial charge is 0.188 e. The van der Waals surface area contributed by atoms with Gasteiger partial charge in [0, 0.05) is 6.54 Å².